The summed E-state index contributed by atoms with van der Waals surface area (Å²) >= 11 is 0. The standard InChI is InChI=1S/C56H44N2O4/c1-31-25-33(37-18-13-22-43-50(37)39-16-7-10-20-41(39)55(43,3)4)29-48-52(31)58(54-46(59)27-35(28-47(54)60)36-15-9-12-24-45(36)57-61)53-32(2)26-34(30-49(53)62-48)38-19-14-23-44-51(38)40-17-8-11-21-42(40)56(44,5)6/h7-30,59-60H,1-6H3. The van der Waals surface area contributed by atoms with E-state index < -0.39 is 0 Å². The number of phenols is 2. The summed E-state index contributed by atoms with van der Waals surface area (Å²) in [7, 11) is 0. The third-order valence-corrected chi connectivity index (χ3v) is 13.6. The van der Waals surface area contributed by atoms with Crippen molar-refractivity contribution in [1.29, 1.82) is 0 Å². The van der Waals surface area contributed by atoms with E-state index in [2.05, 4.69) is 156 Å². The van der Waals surface area contributed by atoms with Gasteiger partial charge in [-0.15, -0.1) is 4.91 Å². The van der Waals surface area contributed by atoms with Gasteiger partial charge in [-0.2, -0.15) is 0 Å². The van der Waals surface area contributed by atoms with Crippen LogP contribution in [-0.4, -0.2) is 10.2 Å². The predicted molar refractivity (Wildman–Crippen MR) is 251 cm³/mol. The van der Waals surface area contributed by atoms with Crippen molar-refractivity contribution in [2.45, 2.75) is 52.4 Å². The number of aryl methyl sites for hydroxylation is 2. The quantitative estimate of drug-likeness (QED) is 0.169. The minimum Gasteiger partial charge on any atom is -0.506 e. The molecule has 0 atom stereocenters. The highest BCUT2D eigenvalue weighted by Gasteiger charge is 2.40. The van der Waals surface area contributed by atoms with Gasteiger partial charge in [0.25, 0.3) is 0 Å². The van der Waals surface area contributed by atoms with Crippen LogP contribution in [0.15, 0.2) is 151 Å². The molecule has 3 aliphatic rings. The minimum atomic E-state index is -0.164. The monoisotopic (exact) mass is 808 g/mol. The number of ether oxygens (including phenoxy) is 1. The molecule has 0 aromatic heterocycles. The van der Waals surface area contributed by atoms with Crippen LogP contribution in [0.1, 0.15) is 61.1 Å². The van der Waals surface area contributed by atoms with Gasteiger partial charge in [0, 0.05) is 16.4 Å². The molecule has 6 heteroatoms. The first-order chi connectivity index (χ1) is 29.9. The number of hydrogen-bond acceptors (Lipinski definition) is 6. The molecule has 11 rings (SSSR count). The Bertz CT molecular complexity index is 3060. The van der Waals surface area contributed by atoms with Gasteiger partial charge in [0.1, 0.15) is 22.9 Å². The van der Waals surface area contributed by atoms with Gasteiger partial charge in [-0.3, -0.25) is 4.90 Å². The molecule has 0 saturated heterocycles. The van der Waals surface area contributed by atoms with Gasteiger partial charge in [0.05, 0.1) is 11.4 Å². The lowest BCUT2D eigenvalue weighted by molar-refractivity contribution is 0.449. The van der Waals surface area contributed by atoms with Gasteiger partial charge in [-0.1, -0.05) is 131 Å². The van der Waals surface area contributed by atoms with Gasteiger partial charge in [0.2, 0.25) is 0 Å². The molecule has 302 valence electrons. The van der Waals surface area contributed by atoms with Gasteiger partial charge in [-0.25, -0.2) is 0 Å². The van der Waals surface area contributed by atoms with Crippen LogP contribution in [0.5, 0.6) is 23.0 Å². The highest BCUT2D eigenvalue weighted by molar-refractivity contribution is 6.00. The number of phenolic OH excluding ortho intramolecular Hbond substituents is 2. The molecular formula is C56H44N2O4. The van der Waals surface area contributed by atoms with Crippen LogP contribution in [0.3, 0.4) is 0 Å². The summed E-state index contributed by atoms with van der Waals surface area (Å²) < 4.78 is 7.13. The number of rotatable bonds is 5. The molecule has 0 amide bonds. The zero-order chi connectivity index (χ0) is 42.8. The van der Waals surface area contributed by atoms with E-state index in [0.29, 0.717) is 34.0 Å². The second-order valence-corrected chi connectivity index (χ2v) is 18.0. The molecule has 8 aromatic rings. The summed E-state index contributed by atoms with van der Waals surface area (Å²) in [6.45, 7) is 13.3. The molecule has 2 aliphatic carbocycles. The average molecular weight is 809 g/mol. The van der Waals surface area contributed by atoms with Crippen LogP contribution in [0.25, 0.3) is 55.6 Å². The van der Waals surface area contributed by atoms with Crippen molar-refractivity contribution in [3.8, 4) is 78.6 Å². The first kappa shape index (κ1) is 37.6. The summed E-state index contributed by atoms with van der Waals surface area (Å²) in [6.07, 6.45) is 0. The van der Waals surface area contributed by atoms with Crippen molar-refractivity contribution in [3.63, 3.8) is 0 Å². The zero-order valence-corrected chi connectivity index (χ0v) is 35.5. The number of anilines is 3. The number of aromatic hydroxyl groups is 2. The van der Waals surface area contributed by atoms with Crippen molar-refractivity contribution in [2.75, 3.05) is 4.90 Å². The molecule has 1 aliphatic heterocycles. The van der Waals surface area contributed by atoms with E-state index in [1.165, 1.54) is 44.5 Å². The normalized spacial score (nSPS) is 14.5. The summed E-state index contributed by atoms with van der Waals surface area (Å²) in [4.78, 5) is 13.7. The highest BCUT2D eigenvalue weighted by Crippen LogP contribution is 2.61. The van der Waals surface area contributed by atoms with Gasteiger partial charge in [0.15, 0.2) is 11.5 Å². The Morgan fingerprint density at radius 2 is 0.871 bits per heavy atom. The number of hydrogen-bond donors (Lipinski definition) is 2. The van der Waals surface area contributed by atoms with Crippen LogP contribution in [0, 0.1) is 18.8 Å². The molecule has 0 fully saturated rings. The van der Waals surface area contributed by atoms with Gasteiger partial charge < -0.3 is 14.9 Å². The Hall–Kier alpha value is -7.44. The largest absolute Gasteiger partial charge is 0.506 e. The number of fused-ring (bicyclic) bond motifs is 8. The molecule has 8 aromatic carbocycles. The number of nitrogens with zero attached hydrogens (tertiary/aromatic N) is 2. The molecule has 0 spiro atoms. The summed E-state index contributed by atoms with van der Waals surface area (Å²) in [5.74, 6) is 0.863. The first-order valence-electron chi connectivity index (χ1n) is 21.1. The third kappa shape index (κ3) is 5.22. The van der Waals surface area contributed by atoms with E-state index >= 15 is 0 Å². The van der Waals surface area contributed by atoms with Crippen molar-refractivity contribution in [1.82, 2.24) is 0 Å². The lowest BCUT2D eigenvalue weighted by Gasteiger charge is -2.36. The Kier molecular flexibility index (Phi) is 8.04. The molecule has 0 radical (unpaired) electrons. The zero-order valence-electron chi connectivity index (χ0n) is 35.5. The molecule has 2 N–H and O–H groups in total. The van der Waals surface area contributed by atoms with Crippen LogP contribution in [-0.2, 0) is 10.8 Å². The van der Waals surface area contributed by atoms with E-state index in [-0.39, 0.29) is 33.7 Å². The molecule has 0 saturated carbocycles. The molecular weight excluding hydrogens is 765 g/mol. The molecule has 1 heterocycles. The van der Waals surface area contributed by atoms with E-state index in [1.807, 2.05) is 4.90 Å². The molecule has 0 unspecified atom stereocenters. The lowest BCUT2D eigenvalue weighted by Crippen LogP contribution is -2.19. The maximum Gasteiger partial charge on any atom is 0.152 e. The van der Waals surface area contributed by atoms with E-state index in [0.717, 1.165) is 33.4 Å². The lowest BCUT2D eigenvalue weighted by atomic mass is 9.82. The van der Waals surface area contributed by atoms with Crippen molar-refractivity contribution in [3.05, 3.63) is 184 Å². The summed E-state index contributed by atoms with van der Waals surface area (Å²) in [6, 6.07) is 49.1. The summed E-state index contributed by atoms with van der Waals surface area (Å²) in [5.41, 5.74) is 18.5. The SMILES string of the molecule is Cc1cc(-c2cccc3c2-c2ccccc2C3(C)C)cc2c1N(c1c(O)cc(-c3ccccc3N=O)cc1O)c1c(C)cc(-c3cccc4c3-c3ccccc3C4(C)C)cc1O2. The van der Waals surface area contributed by atoms with E-state index in [1.54, 1.807) is 36.4 Å². The predicted octanol–water partition coefficient (Wildman–Crippen LogP) is 15.3. The van der Waals surface area contributed by atoms with Crippen LogP contribution in [0.2, 0.25) is 0 Å². The molecule has 6 nitrogen and oxygen atoms in total. The Morgan fingerprint density at radius 3 is 1.35 bits per heavy atom. The maximum absolute atomic E-state index is 12.1. The Morgan fingerprint density at radius 1 is 0.468 bits per heavy atom. The minimum absolute atomic E-state index is 0.161. The fraction of sp³-hybridized carbons (Fsp3) is 0.143. The van der Waals surface area contributed by atoms with E-state index in [9.17, 15) is 15.1 Å². The molecule has 62 heavy (non-hydrogen) atoms. The van der Waals surface area contributed by atoms with Crippen molar-refractivity contribution < 1.29 is 14.9 Å². The Balaban J connectivity index is 1.14. The topological polar surface area (TPSA) is 82.4 Å². The number of benzene rings is 8. The van der Waals surface area contributed by atoms with Crippen LogP contribution < -0.4 is 9.64 Å². The molecule has 0 bridgehead atoms. The van der Waals surface area contributed by atoms with Gasteiger partial charge in [-0.05, 0) is 145 Å². The second-order valence-electron chi connectivity index (χ2n) is 18.0. The smallest absolute Gasteiger partial charge is 0.152 e. The maximum atomic E-state index is 12.1. The van der Waals surface area contributed by atoms with Crippen LogP contribution in [0.4, 0.5) is 22.7 Å². The van der Waals surface area contributed by atoms with Crippen LogP contribution >= 0.6 is 0 Å². The fourth-order valence-electron chi connectivity index (χ4n) is 10.8. The van der Waals surface area contributed by atoms with E-state index in [4.69, 9.17) is 4.74 Å². The van der Waals surface area contributed by atoms with Gasteiger partial charge >= 0.3 is 0 Å². The fourth-order valence-corrected chi connectivity index (χ4v) is 10.8. The Labute approximate surface area is 361 Å². The summed E-state index contributed by atoms with van der Waals surface area (Å²) in [5, 5.41) is 27.4. The second kappa shape index (κ2) is 13.3. The highest BCUT2D eigenvalue weighted by atomic mass is 16.5. The first-order valence-corrected chi connectivity index (χ1v) is 21.1. The third-order valence-electron chi connectivity index (χ3n) is 13.6. The van der Waals surface area contributed by atoms with Crippen molar-refractivity contribution in [2.24, 2.45) is 5.18 Å². The average Bonchev–Trinajstić information content (AvgIpc) is 3.65. The van der Waals surface area contributed by atoms with Crippen molar-refractivity contribution >= 4 is 22.7 Å². The number of nitroso groups, excluding NO2 is 1.